The van der Waals surface area contributed by atoms with Crippen molar-refractivity contribution in [3.8, 4) is 0 Å². The molecule has 0 aliphatic rings. The molecule has 0 amide bonds. The lowest BCUT2D eigenvalue weighted by Crippen LogP contribution is -2.09. The second kappa shape index (κ2) is 5.10. The number of furan rings is 1. The second-order valence-electron chi connectivity index (χ2n) is 4.42. The first-order valence-corrected chi connectivity index (χ1v) is 5.93. The number of carbonyl (C=O) groups excluding carboxylic acids is 1. The minimum Gasteiger partial charge on any atom is -0.481 e. The number of carboxylic acid groups (broad SMARTS) is 1. The first-order chi connectivity index (χ1) is 8.99. The number of aliphatic carboxylic acids is 1. The van der Waals surface area contributed by atoms with Crippen molar-refractivity contribution >= 4 is 11.8 Å². The van der Waals surface area contributed by atoms with E-state index in [0.717, 1.165) is 0 Å². The molecule has 1 aromatic heterocycles. The van der Waals surface area contributed by atoms with Gasteiger partial charge >= 0.3 is 5.97 Å². The Bertz CT molecular complexity index is 625. The predicted octanol–water partition coefficient (Wildman–Crippen LogP) is 3.01. The molecule has 1 heterocycles. The third-order valence-corrected chi connectivity index (χ3v) is 2.98. The summed E-state index contributed by atoms with van der Waals surface area (Å²) in [4.78, 5) is 23.1. The van der Waals surface area contributed by atoms with Crippen molar-refractivity contribution in [1.29, 1.82) is 0 Å². The van der Waals surface area contributed by atoms with Crippen molar-refractivity contribution in [2.24, 2.45) is 0 Å². The van der Waals surface area contributed by atoms with Gasteiger partial charge in [-0.15, -0.1) is 0 Å². The average molecular weight is 258 g/mol. The van der Waals surface area contributed by atoms with Gasteiger partial charge in [0.05, 0.1) is 5.92 Å². The van der Waals surface area contributed by atoms with E-state index in [-0.39, 0.29) is 11.5 Å². The highest BCUT2D eigenvalue weighted by molar-refractivity contribution is 6.07. The van der Waals surface area contributed by atoms with Crippen molar-refractivity contribution in [2.45, 2.75) is 19.8 Å². The average Bonchev–Trinajstić information content (AvgIpc) is 2.83. The van der Waals surface area contributed by atoms with E-state index in [1.54, 1.807) is 50.2 Å². The van der Waals surface area contributed by atoms with Crippen molar-refractivity contribution in [2.75, 3.05) is 0 Å². The minimum atomic E-state index is -0.918. The van der Waals surface area contributed by atoms with E-state index >= 15 is 0 Å². The zero-order valence-corrected chi connectivity index (χ0v) is 10.7. The molecule has 0 fully saturated rings. The molecule has 0 spiro atoms. The SMILES string of the molecule is Cc1ccc(C(=O)c2cccc([C@@H](C)C(=O)O)c2)o1. The summed E-state index contributed by atoms with van der Waals surface area (Å²) in [5.41, 5.74) is 1.03. The van der Waals surface area contributed by atoms with Gasteiger partial charge in [0, 0.05) is 5.56 Å². The zero-order chi connectivity index (χ0) is 14.0. The smallest absolute Gasteiger partial charge is 0.310 e. The lowest BCUT2D eigenvalue weighted by molar-refractivity contribution is -0.138. The van der Waals surface area contributed by atoms with Crippen LogP contribution in [0.4, 0.5) is 0 Å². The van der Waals surface area contributed by atoms with E-state index in [2.05, 4.69) is 0 Å². The van der Waals surface area contributed by atoms with Gasteiger partial charge in [-0.25, -0.2) is 0 Å². The van der Waals surface area contributed by atoms with Gasteiger partial charge in [-0.05, 0) is 37.6 Å². The fourth-order valence-electron chi connectivity index (χ4n) is 1.79. The predicted molar refractivity (Wildman–Crippen MR) is 69.4 cm³/mol. The quantitative estimate of drug-likeness (QED) is 0.856. The van der Waals surface area contributed by atoms with Gasteiger partial charge in [-0.2, -0.15) is 0 Å². The van der Waals surface area contributed by atoms with E-state index in [9.17, 15) is 9.59 Å². The number of hydrogen-bond donors (Lipinski definition) is 1. The Morgan fingerprint density at radius 3 is 2.53 bits per heavy atom. The van der Waals surface area contributed by atoms with Gasteiger partial charge in [0.15, 0.2) is 5.76 Å². The van der Waals surface area contributed by atoms with Crippen LogP contribution < -0.4 is 0 Å². The van der Waals surface area contributed by atoms with Gasteiger partial charge in [0.2, 0.25) is 5.78 Å². The van der Waals surface area contributed by atoms with Crippen LogP contribution in [0.2, 0.25) is 0 Å². The molecule has 0 aliphatic heterocycles. The monoisotopic (exact) mass is 258 g/mol. The van der Waals surface area contributed by atoms with Gasteiger partial charge in [-0.3, -0.25) is 9.59 Å². The van der Waals surface area contributed by atoms with Crippen molar-refractivity contribution in [1.82, 2.24) is 0 Å². The van der Waals surface area contributed by atoms with Crippen LogP contribution in [0.15, 0.2) is 40.8 Å². The molecule has 4 nitrogen and oxygen atoms in total. The maximum atomic E-state index is 12.2. The van der Waals surface area contributed by atoms with E-state index in [4.69, 9.17) is 9.52 Å². The number of benzene rings is 1. The van der Waals surface area contributed by atoms with Crippen LogP contribution in [0, 0.1) is 6.92 Å². The number of carbonyl (C=O) groups is 2. The topological polar surface area (TPSA) is 67.5 Å². The van der Waals surface area contributed by atoms with Gasteiger partial charge in [0.1, 0.15) is 5.76 Å². The first-order valence-electron chi connectivity index (χ1n) is 5.93. The van der Waals surface area contributed by atoms with Crippen LogP contribution in [0.1, 0.15) is 40.3 Å². The number of rotatable bonds is 4. The van der Waals surface area contributed by atoms with Crippen LogP contribution in [0.5, 0.6) is 0 Å². The third-order valence-electron chi connectivity index (χ3n) is 2.98. The first kappa shape index (κ1) is 13.1. The number of ketones is 1. The number of carboxylic acids is 1. The Morgan fingerprint density at radius 1 is 1.21 bits per heavy atom. The molecular weight excluding hydrogens is 244 g/mol. The Balaban J connectivity index is 2.33. The summed E-state index contributed by atoms with van der Waals surface area (Å²) in [5.74, 6) is -0.881. The standard InChI is InChI=1S/C15H14O4/c1-9-6-7-13(19-9)14(16)12-5-3-4-11(8-12)10(2)15(17)18/h3-8,10H,1-2H3,(H,17,18)/t10-/m1/s1. The minimum absolute atomic E-state index is 0.243. The molecule has 2 aromatic rings. The summed E-state index contributed by atoms with van der Waals surface area (Å²) in [6.07, 6.45) is 0. The van der Waals surface area contributed by atoms with Gasteiger partial charge < -0.3 is 9.52 Å². The fourth-order valence-corrected chi connectivity index (χ4v) is 1.79. The molecule has 2 rings (SSSR count). The summed E-state index contributed by atoms with van der Waals surface area (Å²) in [5, 5.41) is 8.98. The van der Waals surface area contributed by atoms with Gasteiger partial charge in [0.25, 0.3) is 0 Å². The van der Waals surface area contributed by atoms with E-state index in [1.807, 2.05) is 0 Å². The van der Waals surface area contributed by atoms with Crippen LogP contribution >= 0.6 is 0 Å². The zero-order valence-electron chi connectivity index (χ0n) is 10.7. The molecule has 19 heavy (non-hydrogen) atoms. The number of aryl methyl sites for hydroxylation is 1. The second-order valence-corrected chi connectivity index (χ2v) is 4.42. The highest BCUT2D eigenvalue weighted by atomic mass is 16.4. The highest BCUT2D eigenvalue weighted by Gasteiger charge is 2.17. The maximum Gasteiger partial charge on any atom is 0.310 e. The van der Waals surface area contributed by atoms with Crippen LogP contribution in [-0.4, -0.2) is 16.9 Å². The van der Waals surface area contributed by atoms with Gasteiger partial charge in [-0.1, -0.05) is 18.2 Å². The molecule has 1 N–H and O–H groups in total. The summed E-state index contributed by atoms with van der Waals surface area (Å²) in [6, 6.07) is 9.96. The Labute approximate surface area is 110 Å². The normalized spacial score (nSPS) is 12.1. The summed E-state index contributed by atoms with van der Waals surface area (Å²) < 4.78 is 5.28. The van der Waals surface area contributed by atoms with Crippen LogP contribution in [0.25, 0.3) is 0 Å². The molecule has 0 aliphatic carbocycles. The number of hydrogen-bond acceptors (Lipinski definition) is 3. The Morgan fingerprint density at radius 2 is 1.95 bits per heavy atom. The van der Waals surface area contributed by atoms with Crippen molar-refractivity contribution in [3.05, 3.63) is 59.0 Å². The molecule has 98 valence electrons. The molecule has 1 atom stereocenters. The van der Waals surface area contributed by atoms with Crippen molar-refractivity contribution in [3.63, 3.8) is 0 Å². The van der Waals surface area contributed by atoms with Crippen molar-refractivity contribution < 1.29 is 19.1 Å². The summed E-state index contributed by atoms with van der Waals surface area (Å²) in [7, 11) is 0. The summed E-state index contributed by atoms with van der Waals surface area (Å²) >= 11 is 0. The lowest BCUT2D eigenvalue weighted by atomic mass is 9.97. The maximum absolute atomic E-state index is 12.2. The highest BCUT2D eigenvalue weighted by Crippen LogP contribution is 2.19. The van der Waals surface area contributed by atoms with E-state index < -0.39 is 11.9 Å². The molecule has 0 radical (unpaired) electrons. The van der Waals surface area contributed by atoms with E-state index in [0.29, 0.717) is 16.9 Å². The largest absolute Gasteiger partial charge is 0.481 e. The molecular formula is C15H14O4. The van der Waals surface area contributed by atoms with Crippen LogP contribution in [0.3, 0.4) is 0 Å². The molecule has 1 aromatic carbocycles. The Hall–Kier alpha value is -2.36. The third kappa shape index (κ3) is 2.73. The molecule has 4 heteroatoms. The summed E-state index contributed by atoms with van der Waals surface area (Å²) in [6.45, 7) is 3.35. The molecule has 0 saturated heterocycles. The lowest BCUT2D eigenvalue weighted by Gasteiger charge is -2.07. The van der Waals surface area contributed by atoms with Crippen LogP contribution in [-0.2, 0) is 4.79 Å². The molecule has 0 unspecified atom stereocenters. The molecule has 0 bridgehead atoms. The van der Waals surface area contributed by atoms with E-state index in [1.165, 1.54) is 0 Å². The molecule has 0 saturated carbocycles. The fraction of sp³-hybridized carbons (Fsp3) is 0.200. The Kier molecular flexibility index (Phi) is 3.51.